The molecule has 0 radical (unpaired) electrons. The molecule has 0 saturated heterocycles. The SMILES string of the molecule is COc1cc(F)c(Br)cc1C(Cl)c1ccc(Cl)cc1Cl. The molecule has 0 aliphatic heterocycles. The molecule has 2 aromatic rings. The Kier molecular flexibility index (Phi) is 5.19. The molecule has 2 aromatic carbocycles. The van der Waals surface area contributed by atoms with Crippen LogP contribution >= 0.6 is 50.7 Å². The van der Waals surface area contributed by atoms with Gasteiger partial charge in [0.2, 0.25) is 0 Å². The summed E-state index contributed by atoms with van der Waals surface area (Å²) in [7, 11) is 1.46. The van der Waals surface area contributed by atoms with Gasteiger partial charge in [0.05, 0.1) is 17.0 Å². The highest BCUT2D eigenvalue weighted by Gasteiger charge is 2.20. The lowest BCUT2D eigenvalue weighted by molar-refractivity contribution is 0.406. The Morgan fingerprint density at radius 2 is 1.85 bits per heavy atom. The Morgan fingerprint density at radius 1 is 1.15 bits per heavy atom. The number of rotatable bonds is 3. The molecule has 0 aliphatic carbocycles. The molecule has 0 bridgehead atoms. The molecule has 2 rings (SSSR count). The van der Waals surface area contributed by atoms with Gasteiger partial charge in [-0.1, -0.05) is 29.3 Å². The highest BCUT2D eigenvalue weighted by atomic mass is 79.9. The van der Waals surface area contributed by atoms with Crippen molar-refractivity contribution >= 4 is 50.7 Å². The number of halogens is 5. The van der Waals surface area contributed by atoms with Gasteiger partial charge in [0.1, 0.15) is 11.6 Å². The van der Waals surface area contributed by atoms with E-state index >= 15 is 0 Å². The van der Waals surface area contributed by atoms with Crippen LogP contribution in [0.5, 0.6) is 5.75 Å². The highest BCUT2D eigenvalue weighted by molar-refractivity contribution is 9.10. The molecule has 1 unspecified atom stereocenters. The van der Waals surface area contributed by atoms with Crippen LogP contribution in [0.3, 0.4) is 0 Å². The lowest BCUT2D eigenvalue weighted by Crippen LogP contribution is -1.99. The Balaban J connectivity index is 2.52. The monoisotopic (exact) mass is 396 g/mol. The second-order valence-corrected chi connectivity index (χ2v) is 6.17. The molecule has 0 aromatic heterocycles. The Bertz CT molecular complexity index is 649. The van der Waals surface area contributed by atoms with E-state index in [9.17, 15) is 4.39 Å². The normalized spacial score (nSPS) is 12.3. The maximum Gasteiger partial charge on any atom is 0.141 e. The molecule has 20 heavy (non-hydrogen) atoms. The van der Waals surface area contributed by atoms with E-state index in [1.54, 1.807) is 24.3 Å². The molecular weight excluding hydrogens is 389 g/mol. The minimum Gasteiger partial charge on any atom is -0.496 e. The van der Waals surface area contributed by atoms with Crippen molar-refractivity contribution in [2.75, 3.05) is 7.11 Å². The van der Waals surface area contributed by atoms with Gasteiger partial charge in [-0.05, 0) is 39.7 Å². The highest BCUT2D eigenvalue weighted by Crippen LogP contribution is 2.40. The molecule has 0 aliphatic rings. The van der Waals surface area contributed by atoms with Crippen LogP contribution in [0, 0.1) is 5.82 Å². The van der Waals surface area contributed by atoms with Crippen LogP contribution in [-0.2, 0) is 0 Å². The van der Waals surface area contributed by atoms with E-state index in [0.29, 0.717) is 31.4 Å². The summed E-state index contributed by atoms with van der Waals surface area (Å²) in [5.41, 5.74) is 1.29. The molecule has 1 nitrogen and oxygen atoms in total. The van der Waals surface area contributed by atoms with Gasteiger partial charge >= 0.3 is 0 Å². The van der Waals surface area contributed by atoms with Crippen LogP contribution in [0.2, 0.25) is 10.0 Å². The first-order valence-corrected chi connectivity index (χ1v) is 7.54. The van der Waals surface area contributed by atoms with Crippen molar-refractivity contribution in [1.82, 2.24) is 0 Å². The number of methoxy groups -OCH3 is 1. The van der Waals surface area contributed by atoms with Gasteiger partial charge in [0.25, 0.3) is 0 Å². The maximum atomic E-state index is 13.5. The first-order valence-electron chi connectivity index (χ1n) is 5.56. The summed E-state index contributed by atoms with van der Waals surface area (Å²) in [5.74, 6) is -0.0617. The van der Waals surface area contributed by atoms with Crippen molar-refractivity contribution in [3.8, 4) is 5.75 Å². The molecule has 1 atom stereocenters. The third-order valence-electron chi connectivity index (χ3n) is 2.78. The van der Waals surface area contributed by atoms with E-state index in [2.05, 4.69) is 15.9 Å². The maximum absolute atomic E-state index is 13.5. The minimum atomic E-state index is -0.577. The molecule has 0 saturated carbocycles. The van der Waals surface area contributed by atoms with E-state index in [-0.39, 0.29) is 0 Å². The van der Waals surface area contributed by atoms with Gasteiger partial charge in [0, 0.05) is 21.7 Å². The van der Waals surface area contributed by atoms with Gasteiger partial charge < -0.3 is 4.74 Å². The standard InChI is InChI=1S/C14H9BrCl3FO/c1-20-13-6-12(19)10(15)5-9(13)14(18)8-3-2-7(16)4-11(8)17/h2-6,14H,1H3. The number of benzene rings is 2. The second-order valence-electron chi connectivity index (χ2n) is 4.04. The Morgan fingerprint density at radius 3 is 2.45 bits per heavy atom. The van der Waals surface area contributed by atoms with Crippen LogP contribution in [0.15, 0.2) is 34.8 Å². The lowest BCUT2D eigenvalue weighted by Gasteiger charge is -2.16. The van der Waals surface area contributed by atoms with Gasteiger partial charge in [-0.15, -0.1) is 11.6 Å². The van der Waals surface area contributed by atoms with Crippen LogP contribution in [0.1, 0.15) is 16.5 Å². The first-order chi connectivity index (χ1) is 9.43. The average molecular weight is 398 g/mol. The third-order valence-corrected chi connectivity index (χ3v) is 4.42. The summed E-state index contributed by atoms with van der Waals surface area (Å²) in [5, 5.41) is 0.390. The van der Waals surface area contributed by atoms with E-state index in [0.717, 1.165) is 0 Å². The molecule has 6 heteroatoms. The van der Waals surface area contributed by atoms with Crippen LogP contribution in [-0.4, -0.2) is 7.11 Å². The van der Waals surface area contributed by atoms with Gasteiger partial charge in [-0.3, -0.25) is 0 Å². The first kappa shape index (κ1) is 15.9. The van der Waals surface area contributed by atoms with Gasteiger partial charge in [-0.25, -0.2) is 4.39 Å². The predicted molar refractivity (Wildman–Crippen MR) is 84.8 cm³/mol. The fourth-order valence-corrected chi connectivity index (χ4v) is 3.09. The van der Waals surface area contributed by atoms with E-state index in [1.807, 2.05) is 0 Å². The van der Waals surface area contributed by atoms with Crippen LogP contribution in [0.25, 0.3) is 0 Å². The quantitative estimate of drug-likeness (QED) is 0.557. The molecule has 0 amide bonds. The van der Waals surface area contributed by atoms with E-state index in [4.69, 9.17) is 39.5 Å². The summed E-state index contributed by atoms with van der Waals surface area (Å²) in [6.45, 7) is 0. The Hall–Kier alpha value is -0.480. The van der Waals surface area contributed by atoms with Crippen molar-refractivity contribution < 1.29 is 9.13 Å². The van der Waals surface area contributed by atoms with Crippen molar-refractivity contribution in [3.05, 3.63) is 61.8 Å². The van der Waals surface area contributed by atoms with Gasteiger partial charge in [-0.2, -0.15) is 0 Å². The van der Waals surface area contributed by atoms with E-state index < -0.39 is 11.2 Å². The summed E-state index contributed by atoms with van der Waals surface area (Å²) >= 11 is 21.6. The molecule has 0 heterocycles. The topological polar surface area (TPSA) is 9.23 Å². The molecule has 0 spiro atoms. The predicted octanol–water partition coefficient (Wildman–Crippen LogP) is 6.23. The van der Waals surface area contributed by atoms with Crippen LogP contribution in [0.4, 0.5) is 4.39 Å². The molecule has 0 fully saturated rings. The van der Waals surface area contributed by atoms with E-state index in [1.165, 1.54) is 13.2 Å². The number of hydrogen-bond donors (Lipinski definition) is 0. The van der Waals surface area contributed by atoms with Crippen molar-refractivity contribution in [1.29, 1.82) is 0 Å². The summed E-state index contributed by atoms with van der Waals surface area (Å²) < 4.78 is 19.0. The number of ether oxygens (including phenoxy) is 1. The zero-order valence-electron chi connectivity index (χ0n) is 10.3. The summed E-state index contributed by atoms with van der Waals surface area (Å²) in [6.07, 6.45) is 0. The largest absolute Gasteiger partial charge is 0.496 e. The summed E-state index contributed by atoms with van der Waals surface area (Å²) in [4.78, 5) is 0. The minimum absolute atomic E-state index is 0.309. The smallest absolute Gasteiger partial charge is 0.141 e. The fourth-order valence-electron chi connectivity index (χ4n) is 1.79. The molecule has 106 valence electrons. The molecule has 0 N–H and O–H groups in total. The van der Waals surface area contributed by atoms with Crippen molar-refractivity contribution in [2.45, 2.75) is 5.38 Å². The fraction of sp³-hybridized carbons (Fsp3) is 0.143. The third kappa shape index (κ3) is 3.22. The second kappa shape index (κ2) is 6.52. The zero-order chi connectivity index (χ0) is 14.9. The average Bonchev–Trinajstić information content (AvgIpc) is 2.40. The number of alkyl halides is 1. The van der Waals surface area contributed by atoms with Crippen molar-refractivity contribution in [2.24, 2.45) is 0 Å². The van der Waals surface area contributed by atoms with Gasteiger partial charge in [0.15, 0.2) is 0 Å². The molecular formula is C14H9BrCl3FO. The van der Waals surface area contributed by atoms with Crippen LogP contribution < -0.4 is 4.74 Å². The van der Waals surface area contributed by atoms with Crippen molar-refractivity contribution in [3.63, 3.8) is 0 Å². The zero-order valence-corrected chi connectivity index (χ0v) is 14.1. The lowest BCUT2D eigenvalue weighted by atomic mass is 10.0. The number of hydrogen-bond acceptors (Lipinski definition) is 1. The summed E-state index contributed by atoms with van der Waals surface area (Å²) in [6, 6.07) is 7.90. The Labute approximate surface area is 139 Å².